The summed E-state index contributed by atoms with van der Waals surface area (Å²) in [6, 6.07) is 26.0. The monoisotopic (exact) mass is 441 g/mol. The van der Waals surface area contributed by atoms with Gasteiger partial charge in [-0.15, -0.1) is 0 Å². The maximum atomic E-state index is 12.8. The van der Waals surface area contributed by atoms with Crippen LogP contribution in [0.5, 0.6) is 0 Å². The SMILES string of the molecule is CC(OC(=O)C1=NN(c2ccccc2)C(=O)CC1)C(=O)Nc1ccccc1-c1ccccc1. The number of rotatable bonds is 6. The van der Waals surface area contributed by atoms with Gasteiger partial charge in [-0.05, 0) is 30.7 Å². The molecule has 0 spiro atoms. The van der Waals surface area contributed by atoms with Gasteiger partial charge in [-0.2, -0.15) is 5.10 Å². The number of carbonyl (C=O) groups is 3. The number of anilines is 2. The fourth-order valence-corrected chi connectivity index (χ4v) is 3.45. The zero-order chi connectivity index (χ0) is 23.2. The molecule has 4 rings (SSSR count). The standard InChI is InChI=1S/C26H23N3O4/c1-18(25(31)27-22-15-9-8-14-21(22)19-10-4-2-5-11-19)33-26(32)23-16-17-24(30)29(28-23)20-12-6-3-7-13-20/h2-15,18H,16-17H2,1H3,(H,27,31). The zero-order valence-corrected chi connectivity index (χ0v) is 18.1. The van der Waals surface area contributed by atoms with Crippen LogP contribution >= 0.6 is 0 Å². The lowest BCUT2D eigenvalue weighted by Crippen LogP contribution is -2.37. The van der Waals surface area contributed by atoms with Crippen LogP contribution in [0.15, 0.2) is 90.0 Å². The number of hydrogen-bond acceptors (Lipinski definition) is 5. The summed E-state index contributed by atoms with van der Waals surface area (Å²) < 4.78 is 5.37. The number of carbonyl (C=O) groups excluding carboxylic acids is 3. The van der Waals surface area contributed by atoms with Gasteiger partial charge in [-0.1, -0.05) is 66.7 Å². The molecule has 1 aliphatic rings. The van der Waals surface area contributed by atoms with Crippen molar-refractivity contribution < 1.29 is 19.1 Å². The van der Waals surface area contributed by atoms with Gasteiger partial charge in [-0.25, -0.2) is 9.80 Å². The van der Waals surface area contributed by atoms with E-state index in [-0.39, 0.29) is 24.5 Å². The average Bonchev–Trinajstić information content (AvgIpc) is 2.85. The number of amides is 2. The van der Waals surface area contributed by atoms with Crippen LogP contribution < -0.4 is 10.3 Å². The van der Waals surface area contributed by atoms with Crippen molar-refractivity contribution in [3.8, 4) is 11.1 Å². The maximum absolute atomic E-state index is 12.8. The number of hydrazone groups is 1. The first-order chi connectivity index (χ1) is 16.0. The second kappa shape index (κ2) is 9.91. The first kappa shape index (κ1) is 22.0. The van der Waals surface area contributed by atoms with Crippen LogP contribution in [0.2, 0.25) is 0 Å². The Morgan fingerprint density at radius 2 is 1.55 bits per heavy atom. The molecule has 3 aromatic carbocycles. The lowest BCUT2D eigenvalue weighted by atomic mass is 10.0. The fourth-order valence-electron chi connectivity index (χ4n) is 3.45. The Hall–Kier alpha value is -4.26. The third-order valence-electron chi connectivity index (χ3n) is 5.19. The third-order valence-corrected chi connectivity index (χ3v) is 5.19. The minimum Gasteiger partial charge on any atom is -0.448 e. The Balaban J connectivity index is 1.45. The van der Waals surface area contributed by atoms with Crippen LogP contribution in [0.3, 0.4) is 0 Å². The molecular formula is C26H23N3O4. The largest absolute Gasteiger partial charge is 0.448 e. The van der Waals surface area contributed by atoms with E-state index in [0.29, 0.717) is 11.4 Å². The number of hydrogen-bond donors (Lipinski definition) is 1. The quantitative estimate of drug-likeness (QED) is 0.574. The van der Waals surface area contributed by atoms with Gasteiger partial charge in [0.25, 0.3) is 5.91 Å². The summed E-state index contributed by atoms with van der Waals surface area (Å²) in [7, 11) is 0. The zero-order valence-electron chi connectivity index (χ0n) is 18.1. The predicted octanol–water partition coefficient (Wildman–Crippen LogP) is 4.41. The summed E-state index contributed by atoms with van der Waals surface area (Å²) in [6.45, 7) is 1.50. The van der Waals surface area contributed by atoms with Crippen LogP contribution in [0.25, 0.3) is 11.1 Å². The molecule has 7 nitrogen and oxygen atoms in total. The van der Waals surface area contributed by atoms with Crippen molar-refractivity contribution in [1.29, 1.82) is 0 Å². The number of esters is 1. The van der Waals surface area contributed by atoms with Crippen molar-refractivity contribution in [2.24, 2.45) is 5.10 Å². The van der Waals surface area contributed by atoms with Crippen molar-refractivity contribution in [3.63, 3.8) is 0 Å². The molecule has 1 unspecified atom stereocenters. The molecule has 0 fully saturated rings. The van der Waals surface area contributed by atoms with Crippen molar-refractivity contribution in [1.82, 2.24) is 0 Å². The van der Waals surface area contributed by atoms with Gasteiger partial charge >= 0.3 is 5.97 Å². The molecule has 1 heterocycles. The number of para-hydroxylation sites is 2. The lowest BCUT2D eigenvalue weighted by Gasteiger charge is -2.23. The summed E-state index contributed by atoms with van der Waals surface area (Å²) >= 11 is 0. The third kappa shape index (κ3) is 5.15. The van der Waals surface area contributed by atoms with E-state index in [2.05, 4.69) is 10.4 Å². The van der Waals surface area contributed by atoms with Gasteiger partial charge in [0.2, 0.25) is 5.91 Å². The molecule has 3 aromatic rings. The molecule has 0 bridgehead atoms. The van der Waals surface area contributed by atoms with Crippen LogP contribution in [0.4, 0.5) is 11.4 Å². The lowest BCUT2D eigenvalue weighted by molar-refractivity contribution is -0.146. The molecule has 0 aromatic heterocycles. The number of benzene rings is 3. The van der Waals surface area contributed by atoms with Gasteiger partial charge in [-0.3, -0.25) is 9.59 Å². The van der Waals surface area contributed by atoms with Gasteiger partial charge in [0.15, 0.2) is 6.10 Å². The highest BCUT2D eigenvalue weighted by atomic mass is 16.5. The molecule has 7 heteroatoms. The van der Waals surface area contributed by atoms with Gasteiger partial charge in [0.05, 0.1) is 5.69 Å². The summed E-state index contributed by atoms with van der Waals surface area (Å²) in [4.78, 5) is 37.7. The molecular weight excluding hydrogens is 418 g/mol. The molecule has 2 amide bonds. The average molecular weight is 441 g/mol. The van der Waals surface area contributed by atoms with E-state index in [4.69, 9.17) is 4.74 Å². The second-order valence-electron chi connectivity index (χ2n) is 7.54. The van der Waals surface area contributed by atoms with Crippen molar-refractivity contribution in [3.05, 3.63) is 84.9 Å². The molecule has 33 heavy (non-hydrogen) atoms. The molecule has 0 aliphatic carbocycles. The smallest absolute Gasteiger partial charge is 0.355 e. The second-order valence-corrected chi connectivity index (χ2v) is 7.54. The minimum absolute atomic E-state index is 0.0998. The maximum Gasteiger partial charge on any atom is 0.355 e. The summed E-state index contributed by atoms with van der Waals surface area (Å²) in [5.41, 5.74) is 3.10. The van der Waals surface area contributed by atoms with E-state index < -0.39 is 18.0 Å². The molecule has 1 atom stereocenters. The Morgan fingerprint density at radius 1 is 0.909 bits per heavy atom. The summed E-state index contributed by atoms with van der Waals surface area (Å²) in [5, 5.41) is 8.21. The molecule has 1 N–H and O–H groups in total. The molecule has 1 aliphatic heterocycles. The van der Waals surface area contributed by atoms with E-state index in [1.807, 2.05) is 54.6 Å². The number of nitrogens with one attached hydrogen (secondary N) is 1. The van der Waals surface area contributed by atoms with Crippen molar-refractivity contribution in [2.45, 2.75) is 25.9 Å². The minimum atomic E-state index is -1.05. The van der Waals surface area contributed by atoms with Crippen LogP contribution in [0, 0.1) is 0 Å². The Labute approximate surface area is 191 Å². The predicted molar refractivity (Wildman–Crippen MR) is 127 cm³/mol. The molecule has 166 valence electrons. The normalized spacial score (nSPS) is 14.3. The van der Waals surface area contributed by atoms with Gasteiger partial charge in [0.1, 0.15) is 5.71 Å². The Bertz CT molecular complexity index is 1190. The van der Waals surface area contributed by atoms with E-state index in [1.165, 1.54) is 11.9 Å². The Morgan fingerprint density at radius 3 is 2.27 bits per heavy atom. The highest BCUT2D eigenvalue weighted by molar-refractivity contribution is 6.38. The van der Waals surface area contributed by atoms with Crippen molar-refractivity contribution in [2.75, 3.05) is 10.3 Å². The number of nitrogens with zero attached hydrogens (tertiary/aromatic N) is 2. The molecule has 0 saturated carbocycles. The summed E-state index contributed by atoms with van der Waals surface area (Å²) in [6.07, 6.45) is -0.758. The van der Waals surface area contributed by atoms with Gasteiger partial charge in [0, 0.05) is 24.1 Å². The van der Waals surface area contributed by atoms with Crippen LogP contribution in [0.1, 0.15) is 19.8 Å². The van der Waals surface area contributed by atoms with Crippen LogP contribution in [-0.2, 0) is 19.1 Å². The topological polar surface area (TPSA) is 88.1 Å². The Kier molecular flexibility index (Phi) is 6.59. The number of ether oxygens (including phenoxy) is 1. The van der Waals surface area contributed by atoms with Crippen molar-refractivity contribution >= 4 is 34.9 Å². The highest BCUT2D eigenvalue weighted by Crippen LogP contribution is 2.27. The molecule has 0 radical (unpaired) electrons. The van der Waals surface area contributed by atoms with Gasteiger partial charge < -0.3 is 10.1 Å². The van der Waals surface area contributed by atoms with E-state index in [0.717, 1.165) is 11.1 Å². The first-order valence-electron chi connectivity index (χ1n) is 10.6. The first-order valence-corrected chi connectivity index (χ1v) is 10.6. The highest BCUT2D eigenvalue weighted by Gasteiger charge is 2.28. The van der Waals surface area contributed by atoms with E-state index in [9.17, 15) is 14.4 Å². The van der Waals surface area contributed by atoms with E-state index in [1.54, 1.807) is 30.3 Å². The van der Waals surface area contributed by atoms with Crippen LogP contribution in [-0.4, -0.2) is 29.6 Å². The summed E-state index contributed by atoms with van der Waals surface area (Å²) in [5.74, 6) is -1.39. The molecule has 0 saturated heterocycles. The fraction of sp³-hybridized carbons (Fsp3) is 0.154. The van der Waals surface area contributed by atoms with E-state index >= 15 is 0 Å².